The Balaban J connectivity index is 1.63. The molecule has 1 aliphatic rings. The number of hydrogen-bond donors (Lipinski definition) is 0. The third-order valence-electron chi connectivity index (χ3n) is 5.58. The van der Waals surface area contributed by atoms with E-state index in [1.807, 2.05) is 38.1 Å². The lowest BCUT2D eigenvalue weighted by Crippen LogP contribution is -2.45. The first-order valence-corrected chi connectivity index (χ1v) is 10.4. The van der Waals surface area contributed by atoms with Gasteiger partial charge in [0.15, 0.2) is 0 Å². The molecule has 1 aromatic carbocycles. The zero-order chi connectivity index (χ0) is 21.8. The molecule has 0 bridgehead atoms. The van der Waals surface area contributed by atoms with Crippen LogP contribution < -0.4 is 0 Å². The number of carbonyl (C=O) groups is 3. The lowest BCUT2D eigenvalue weighted by molar-refractivity contribution is -0.151. The van der Waals surface area contributed by atoms with Crippen LogP contribution in [0.5, 0.6) is 0 Å². The van der Waals surface area contributed by atoms with Gasteiger partial charge in [0.1, 0.15) is 0 Å². The number of amides is 2. The first kappa shape index (κ1) is 21.7. The van der Waals surface area contributed by atoms with Crippen molar-refractivity contribution in [1.29, 1.82) is 0 Å². The Morgan fingerprint density at radius 2 is 1.87 bits per heavy atom. The van der Waals surface area contributed by atoms with Gasteiger partial charge in [0.25, 0.3) is 5.91 Å². The number of fused-ring (bicyclic) bond motifs is 1. The Labute approximate surface area is 177 Å². The van der Waals surface area contributed by atoms with E-state index in [9.17, 15) is 14.4 Å². The second-order valence-corrected chi connectivity index (χ2v) is 7.89. The smallest absolute Gasteiger partial charge is 0.309 e. The molecule has 1 aliphatic heterocycles. The number of ether oxygens (including phenoxy) is 1. The fraction of sp³-hybridized carbons (Fsp3) is 0.478. The molecule has 2 amide bonds. The number of rotatable bonds is 5. The number of aryl methyl sites for hydroxylation is 2. The summed E-state index contributed by atoms with van der Waals surface area (Å²) < 4.78 is 5.07. The van der Waals surface area contributed by atoms with Crippen LogP contribution in [-0.4, -0.2) is 65.9 Å². The van der Waals surface area contributed by atoms with Crippen LogP contribution in [0.3, 0.4) is 0 Å². The summed E-state index contributed by atoms with van der Waals surface area (Å²) in [5.74, 6) is -0.678. The van der Waals surface area contributed by atoms with Crippen molar-refractivity contribution in [3.63, 3.8) is 0 Å². The summed E-state index contributed by atoms with van der Waals surface area (Å²) in [5, 5.41) is 0.907. The molecule has 0 atom stereocenters. The zero-order valence-corrected chi connectivity index (χ0v) is 18.1. The predicted octanol–water partition coefficient (Wildman–Crippen LogP) is 2.73. The lowest BCUT2D eigenvalue weighted by atomic mass is 9.97. The molecule has 0 radical (unpaired) electrons. The van der Waals surface area contributed by atoms with E-state index in [1.165, 1.54) is 4.90 Å². The molecule has 160 valence electrons. The highest BCUT2D eigenvalue weighted by Gasteiger charge is 2.29. The lowest BCUT2D eigenvalue weighted by Gasteiger charge is -2.32. The molecule has 0 saturated carbocycles. The van der Waals surface area contributed by atoms with Gasteiger partial charge in [0, 0.05) is 25.5 Å². The Bertz CT molecular complexity index is 964. The summed E-state index contributed by atoms with van der Waals surface area (Å²) in [5.41, 5.74) is 3.09. The SMILES string of the molecule is CCOC(=O)C1CCN(C(=O)CN(C)C(=O)c2cc3cc(C)ccc3nc2C)CC1. The van der Waals surface area contributed by atoms with E-state index in [4.69, 9.17) is 4.74 Å². The van der Waals surface area contributed by atoms with Crippen LogP contribution >= 0.6 is 0 Å². The quantitative estimate of drug-likeness (QED) is 0.707. The van der Waals surface area contributed by atoms with Crippen molar-refractivity contribution in [2.75, 3.05) is 33.3 Å². The average molecular weight is 412 g/mol. The molecule has 1 saturated heterocycles. The third-order valence-corrected chi connectivity index (χ3v) is 5.58. The normalized spacial score (nSPS) is 14.6. The monoisotopic (exact) mass is 411 g/mol. The van der Waals surface area contributed by atoms with Gasteiger partial charge in [-0.05, 0) is 51.8 Å². The third kappa shape index (κ3) is 4.78. The summed E-state index contributed by atoms with van der Waals surface area (Å²) >= 11 is 0. The van der Waals surface area contributed by atoms with E-state index in [0.717, 1.165) is 16.5 Å². The molecule has 0 N–H and O–H groups in total. The van der Waals surface area contributed by atoms with Gasteiger partial charge in [-0.15, -0.1) is 0 Å². The van der Waals surface area contributed by atoms with Gasteiger partial charge in [-0.25, -0.2) is 0 Å². The standard InChI is InChI=1S/C23H29N3O4/c1-5-30-23(29)17-8-10-26(11-9-17)21(27)14-25(4)22(28)19-13-18-12-15(2)6-7-20(18)24-16(19)3/h6-7,12-13,17H,5,8-11,14H2,1-4H3. The van der Waals surface area contributed by atoms with Gasteiger partial charge in [0.2, 0.25) is 5.91 Å². The van der Waals surface area contributed by atoms with Gasteiger partial charge in [0.05, 0.1) is 35.8 Å². The van der Waals surface area contributed by atoms with Crippen molar-refractivity contribution < 1.29 is 19.1 Å². The van der Waals surface area contributed by atoms with Crippen molar-refractivity contribution in [1.82, 2.24) is 14.8 Å². The molecule has 0 spiro atoms. The van der Waals surface area contributed by atoms with Crippen LogP contribution in [-0.2, 0) is 14.3 Å². The van der Waals surface area contributed by atoms with Crippen LogP contribution in [0.15, 0.2) is 24.3 Å². The number of carbonyl (C=O) groups excluding carboxylic acids is 3. The van der Waals surface area contributed by atoms with E-state index in [-0.39, 0.29) is 30.2 Å². The largest absolute Gasteiger partial charge is 0.466 e. The van der Waals surface area contributed by atoms with Crippen LogP contribution in [0.2, 0.25) is 0 Å². The Kier molecular flexibility index (Phi) is 6.70. The maximum absolute atomic E-state index is 13.0. The molecular weight excluding hydrogens is 382 g/mol. The van der Waals surface area contributed by atoms with Crippen molar-refractivity contribution in [2.45, 2.75) is 33.6 Å². The molecule has 2 heterocycles. The first-order valence-electron chi connectivity index (χ1n) is 10.4. The molecule has 2 aromatic rings. The summed E-state index contributed by atoms with van der Waals surface area (Å²) in [6.07, 6.45) is 1.19. The molecule has 7 heteroatoms. The van der Waals surface area contributed by atoms with E-state index < -0.39 is 0 Å². The Morgan fingerprint density at radius 3 is 2.53 bits per heavy atom. The fourth-order valence-corrected chi connectivity index (χ4v) is 3.81. The number of pyridine rings is 1. The minimum Gasteiger partial charge on any atom is -0.466 e. The van der Waals surface area contributed by atoms with Crippen molar-refractivity contribution in [2.24, 2.45) is 5.92 Å². The number of piperidine rings is 1. The topological polar surface area (TPSA) is 79.8 Å². The molecular formula is C23H29N3O4. The second-order valence-electron chi connectivity index (χ2n) is 7.89. The maximum atomic E-state index is 13.0. The van der Waals surface area contributed by atoms with Crippen LogP contribution in [0.4, 0.5) is 0 Å². The molecule has 7 nitrogen and oxygen atoms in total. The molecule has 30 heavy (non-hydrogen) atoms. The highest BCUT2D eigenvalue weighted by atomic mass is 16.5. The number of esters is 1. The number of benzene rings is 1. The predicted molar refractivity (Wildman–Crippen MR) is 114 cm³/mol. The zero-order valence-electron chi connectivity index (χ0n) is 18.1. The van der Waals surface area contributed by atoms with Gasteiger partial charge >= 0.3 is 5.97 Å². The number of aromatic nitrogens is 1. The average Bonchev–Trinajstić information content (AvgIpc) is 2.73. The maximum Gasteiger partial charge on any atom is 0.309 e. The van der Waals surface area contributed by atoms with E-state index in [0.29, 0.717) is 43.8 Å². The molecule has 1 aromatic heterocycles. The summed E-state index contributed by atoms with van der Waals surface area (Å²) in [6, 6.07) is 7.78. The Hall–Kier alpha value is -2.96. The number of likely N-dealkylation sites (N-methyl/N-ethyl adjacent to an activating group) is 1. The van der Waals surface area contributed by atoms with E-state index >= 15 is 0 Å². The molecule has 0 aliphatic carbocycles. The second kappa shape index (κ2) is 9.24. The highest BCUT2D eigenvalue weighted by Crippen LogP contribution is 2.21. The van der Waals surface area contributed by atoms with Crippen molar-refractivity contribution in [3.8, 4) is 0 Å². The van der Waals surface area contributed by atoms with Gasteiger partial charge in [-0.2, -0.15) is 0 Å². The number of nitrogens with zero attached hydrogens (tertiary/aromatic N) is 3. The van der Waals surface area contributed by atoms with Crippen molar-refractivity contribution in [3.05, 3.63) is 41.1 Å². The van der Waals surface area contributed by atoms with Crippen LogP contribution in [0, 0.1) is 19.8 Å². The summed E-state index contributed by atoms with van der Waals surface area (Å²) in [4.78, 5) is 45.2. The molecule has 0 unspecified atom stereocenters. The van der Waals surface area contributed by atoms with Gasteiger partial charge in [-0.3, -0.25) is 19.4 Å². The van der Waals surface area contributed by atoms with Gasteiger partial charge < -0.3 is 14.5 Å². The molecule has 3 rings (SSSR count). The summed E-state index contributed by atoms with van der Waals surface area (Å²) in [7, 11) is 1.63. The number of hydrogen-bond acceptors (Lipinski definition) is 5. The van der Waals surface area contributed by atoms with Crippen LogP contribution in [0.25, 0.3) is 10.9 Å². The number of likely N-dealkylation sites (tertiary alicyclic amines) is 1. The Morgan fingerprint density at radius 1 is 1.17 bits per heavy atom. The van der Waals surface area contributed by atoms with E-state index in [1.54, 1.807) is 18.9 Å². The minimum atomic E-state index is -0.224. The van der Waals surface area contributed by atoms with Crippen LogP contribution in [0.1, 0.15) is 41.4 Å². The molecule has 1 fully saturated rings. The first-order chi connectivity index (χ1) is 14.3. The fourth-order valence-electron chi connectivity index (χ4n) is 3.81. The van der Waals surface area contributed by atoms with Crippen molar-refractivity contribution >= 4 is 28.7 Å². The van der Waals surface area contributed by atoms with E-state index in [2.05, 4.69) is 4.98 Å². The highest BCUT2D eigenvalue weighted by molar-refractivity contribution is 6.00. The summed E-state index contributed by atoms with van der Waals surface area (Å²) in [6.45, 7) is 6.96. The minimum absolute atomic E-state index is 0.00575. The van der Waals surface area contributed by atoms with Gasteiger partial charge in [-0.1, -0.05) is 11.6 Å².